The number of unbranched alkanes of at least 4 members (excludes halogenated alkanes) is 18. The number of quaternary nitrogens is 1. The highest BCUT2D eigenvalue weighted by atomic mass is 16.7. The molecule has 0 saturated carbocycles. The van der Waals surface area contributed by atoms with Gasteiger partial charge >= 0.3 is 11.9 Å². The molecule has 0 spiro atoms. The van der Waals surface area contributed by atoms with Crippen LogP contribution in [0, 0.1) is 0 Å². The lowest BCUT2D eigenvalue weighted by Gasteiger charge is -2.26. The summed E-state index contributed by atoms with van der Waals surface area (Å²) in [5.41, 5.74) is 0. The van der Waals surface area contributed by atoms with Gasteiger partial charge in [0.1, 0.15) is 13.2 Å². The van der Waals surface area contributed by atoms with Crippen molar-refractivity contribution in [2.75, 3.05) is 47.5 Å². The summed E-state index contributed by atoms with van der Waals surface area (Å²) in [4.78, 5) is 37.6. The molecule has 554 valence electrons. The Kier molecular flexibility index (Phi) is 72.4. The van der Waals surface area contributed by atoms with Crippen LogP contribution in [0.5, 0.6) is 0 Å². The molecule has 0 aromatic carbocycles. The maximum absolute atomic E-state index is 13.0. The molecule has 0 rings (SSSR count). The molecule has 0 fully saturated rings. The van der Waals surface area contributed by atoms with Crippen molar-refractivity contribution in [1.29, 1.82) is 0 Å². The number of carboxylic acids is 1. The summed E-state index contributed by atoms with van der Waals surface area (Å²) in [6.45, 7) is 4.49. The Bertz CT molecular complexity index is 2440. The molecule has 9 nitrogen and oxygen atoms in total. The molecule has 0 radical (unpaired) electrons. The molecule has 0 bridgehead atoms. The molecule has 0 N–H and O–H groups in total. The number of allylic oxidation sites excluding steroid dienone is 36. The fourth-order valence-electron chi connectivity index (χ4n) is 9.87. The van der Waals surface area contributed by atoms with E-state index in [2.05, 4.69) is 233 Å². The quantitative estimate of drug-likeness (QED) is 0.0195. The van der Waals surface area contributed by atoms with Gasteiger partial charge in [-0.15, -0.1) is 0 Å². The maximum atomic E-state index is 13.0. The number of nitrogens with zero attached hydrogens (tertiary/aromatic N) is 1. The number of likely N-dealkylation sites (N-methyl/N-ethyl adjacent to an activating group) is 1. The Balaban J connectivity index is 4.19. The van der Waals surface area contributed by atoms with Crippen LogP contribution in [0.2, 0.25) is 0 Å². The number of esters is 2. The van der Waals surface area contributed by atoms with Gasteiger partial charge < -0.3 is 33.3 Å². The minimum Gasteiger partial charge on any atom is -0.545 e. The van der Waals surface area contributed by atoms with Crippen LogP contribution < -0.4 is 5.11 Å². The van der Waals surface area contributed by atoms with E-state index in [-0.39, 0.29) is 38.6 Å². The second-order valence-electron chi connectivity index (χ2n) is 26.2. The summed E-state index contributed by atoms with van der Waals surface area (Å²) in [5.74, 6) is -2.32. The molecule has 9 heteroatoms. The summed E-state index contributed by atoms with van der Waals surface area (Å²) in [6.07, 6.45) is 119. The van der Waals surface area contributed by atoms with Gasteiger partial charge in [-0.3, -0.25) is 9.59 Å². The van der Waals surface area contributed by atoms with Crippen molar-refractivity contribution < 1.29 is 42.9 Å². The predicted octanol–water partition coefficient (Wildman–Crippen LogP) is 23.9. The van der Waals surface area contributed by atoms with Gasteiger partial charge in [0.15, 0.2) is 12.4 Å². The maximum Gasteiger partial charge on any atom is 0.306 e. The molecular formula is C90H141NO8. The lowest BCUT2D eigenvalue weighted by atomic mass is 10.1. The summed E-state index contributed by atoms with van der Waals surface area (Å²) in [6, 6.07) is 0. The third-order valence-corrected chi connectivity index (χ3v) is 15.7. The summed E-state index contributed by atoms with van der Waals surface area (Å²) < 4.78 is 22.8. The van der Waals surface area contributed by atoms with Crippen LogP contribution in [-0.2, 0) is 33.3 Å². The lowest BCUT2D eigenvalue weighted by molar-refractivity contribution is -0.870. The van der Waals surface area contributed by atoms with Crippen molar-refractivity contribution in [2.45, 2.75) is 283 Å². The number of aliphatic carboxylic acids is 1. The predicted molar refractivity (Wildman–Crippen MR) is 425 cm³/mol. The van der Waals surface area contributed by atoms with Crippen molar-refractivity contribution in [3.05, 3.63) is 219 Å². The van der Waals surface area contributed by atoms with Gasteiger partial charge in [-0.05, 0) is 154 Å². The van der Waals surface area contributed by atoms with Crippen LogP contribution in [0.15, 0.2) is 219 Å². The van der Waals surface area contributed by atoms with Gasteiger partial charge in [-0.1, -0.05) is 322 Å². The summed E-state index contributed by atoms with van der Waals surface area (Å²) in [7, 11) is 5.92. The lowest BCUT2D eigenvalue weighted by Crippen LogP contribution is -2.44. The molecule has 2 unspecified atom stereocenters. The number of hydrogen-bond acceptors (Lipinski definition) is 8. The zero-order valence-electron chi connectivity index (χ0n) is 63.3. The molecule has 0 aliphatic rings. The number of rotatable bonds is 69. The topological polar surface area (TPSA) is 111 Å². The fourth-order valence-corrected chi connectivity index (χ4v) is 9.87. The van der Waals surface area contributed by atoms with E-state index >= 15 is 0 Å². The van der Waals surface area contributed by atoms with Crippen LogP contribution in [0.1, 0.15) is 271 Å². The van der Waals surface area contributed by atoms with Crippen LogP contribution in [0.4, 0.5) is 0 Å². The number of carbonyl (C=O) groups is 3. The van der Waals surface area contributed by atoms with E-state index in [9.17, 15) is 19.5 Å². The first kappa shape index (κ1) is 92.6. The number of hydrogen-bond donors (Lipinski definition) is 0. The Morgan fingerprint density at radius 1 is 0.303 bits per heavy atom. The largest absolute Gasteiger partial charge is 0.545 e. The van der Waals surface area contributed by atoms with Crippen molar-refractivity contribution in [3.8, 4) is 0 Å². The fraction of sp³-hybridized carbons (Fsp3) is 0.567. The average Bonchev–Trinajstić information content (AvgIpc) is 1.41. The minimum atomic E-state index is -1.64. The number of ether oxygens (including phenoxy) is 4. The highest BCUT2D eigenvalue weighted by Crippen LogP contribution is 2.16. The van der Waals surface area contributed by atoms with Gasteiger partial charge in [0, 0.05) is 12.8 Å². The molecule has 0 saturated heterocycles. The van der Waals surface area contributed by atoms with E-state index in [0.29, 0.717) is 17.4 Å². The van der Waals surface area contributed by atoms with E-state index in [1.54, 1.807) is 0 Å². The third kappa shape index (κ3) is 78.8. The van der Waals surface area contributed by atoms with Gasteiger partial charge in [0.05, 0.1) is 40.3 Å². The highest BCUT2D eigenvalue weighted by molar-refractivity contribution is 5.70. The van der Waals surface area contributed by atoms with Crippen LogP contribution in [0.25, 0.3) is 0 Å². The van der Waals surface area contributed by atoms with Gasteiger partial charge in [0.2, 0.25) is 0 Å². The highest BCUT2D eigenvalue weighted by Gasteiger charge is 2.22. The van der Waals surface area contributed by atoms with Crippen molar-refractivity contribution in [1.82, 2.24) is 0 Å². The van der Waals surface area contributed by atoms with Crippen LogP contribution in [-0.4, -0.2) is 82.3 Å². The SMILES string of the molecule is CC/C=C\C/C=C\C/C=C\C/C=C\C/C=C\C/C=C\C/C=C\C/C=C\C/C=C\CCCCCCCCCCCC(=O)OCC(COC(OCC[N+](C)(C)C)C(=O)[O-])OC(=O)CCCCCCCCCCC/C=C\C/C=C\C/C=C\C/C=C\C/C=C\C/C=C\C/C=C\C/C=C\C/C=C\CC. The smallest absolute Gasteiger partial charge is 0.306 e. The second-order valence-corrected chi connectivity index (χ2v) is 26.2. The average molecular weight is 1370 g/mol. The van der Waals surface area contributed by atoms with E-state index in [0.717, 1.165) is 173 Å². The second kappa shape index (κ2) is 77.3. The Morgan fingerprint density at radius 3 is 0.808 bits per heavy atom. The Labute approximate surface area is 607 Å². The first-order valence-electron chi connectivity index (χ1n) is 38.9. The van der Waals surface area contributed by atoms with Crippen LogP contribution in [0.3, 0.4) is 0 Å². The molecule has 0 aliphatic heterocycles. The zero-order valence-corrected chi connectivity index (χ0v) is 63.3. The molecule has 2 atom stereocenters. The van der Waals surface area contributed by atoms with E-state index in [1.165, 1.54) is 64.2 Å². The van der Waals surface area contributed by atoms with E-state index < -0.39 is 24.3 Å². The molecule has 0 aliphatic carbocycles. The van der Waals surface area contributed by atoms with E-state index in [4.69, 9.17) is 18.9 Å². The van der Waals surface area contributed by atoms with E-state index in [1.807, 2.05) is 21.1 Å². The molecule has 0 aromatic heterocycles. The summed E-state index contributed by atoms with van der Waals surface area (Å²) >= 11 is 0. The molecular weight excluding hydrogens is 1220 g/mol. The Hall–Kier alpha value is -6.39. The number of carbonyl (C=O) groups excluding carboxylic acids is 3. The minimum absolute atomic E-state index is 0.134. The third-order valence-electron chi connectivity index (χ3n) is 15.7. The van der Waals surface area contributed by atoms with Gasteiger partial charge in [-0.2, -0.15) is 0 Å². The number of carboxylic acid groups (broad SMARTS) is 1. The molecule has 0 aromatic rings. The molecule has 99 heavy (non-hydrogen) atoms. The molecule has 0 heterocycles. The van der Waals surface area contributed by atoms with Crippen molar-refractivity contribution in [2.24, 2.45) is 0 Å². The standard InChI is InChI=1S/C90H141NO8/c1-6-8-10-12-14-16-18-20-22-24-26-28-30-32-34-36-38-40-42-44-46-48-50-52-54-56-58-60-62-64-66-68-70-72-74-76-78-80-87(92)97-84-86(85-98-90(89(94)95)96-83-82-91(3,4)5)99-88(93)81-79-77-75-73-71-69-67-65-63-61-59-57-55-53-51-49-47-45-43-41-39-37-35-33-31-29-27-25-23-21-19-17-15-13-11-9-7-2/h8-11,14-17,20-23,26-29,32-35,38-41,44-47,50-53,56-59,86,90H,6-7,12-13,18-19,24-25,30-31,36-37,42-43,48-49,54-55,60-85H2,1-5H3/b10-8-,11-9-,16-14-,17-15-,22-20-,23-21-,28-26-,29-27-,34-32-,35-33-,40-38-,41-39-,46-44-,47-45-,52-50-,53-51-,58-56-,59-57-. The van der Waals surface area contributed by atoms with Crippen molar-refractivity contribution >= 4 is 17.9 Å². The normalized spacial score (nSPS) is 13.9. The zero-order chi connectivity index (χ0) is 71.8. The monoisotopic (exact) mass is 1360 g/mol. The van der Waals surface area contributed by atoms with Crippen molar-refractivity contribution in [3.63, 3.8) is 0 Å². The van der Waals surface area contributed by atoms with Gasteiger partial charge in [0.25, 0.3) is 0 Å². The summed E-state index contributed by atoms with van der Waals surface area (Å²) in [5, 5.41) is 11.9. The Morgan fingerprint density at radius 2 is 0.545 bits per heavy atom. The van der Waals surface area contributed by atoms with Crippen LogP contribution >= 0.6 is 0 Å². The first-order valence-corrected chi connectivity index (χ1v) is 38.9. The van der Waals surface area contributed by atoms with Gasteiger partial charge in [-0.25, -0.2) is 0 Å². The first-order chi connectivity index (χ1) is 48.6. The molecule has 0 amide bonds.